The predicted octanol–water partition coefficient (Wildman–Crippen LogP) is 10.3. The van der Waals surface area contributed by atoms with E-state index in [2.05, 4.69) is 191 Å². The minimum absolute atomic E-state index is 0.0683. The van der Waals surface area contributed by atoms with Crippen molar-refractivity contribution in [1.82, 2.24) is 0 Å². The standard InChI is InChI=1S/C65H53B3N6O3S2/c1-63(2,3)38-12-16-41(17-13-38)72-48-30-49-43(28-42(48)66-45-26-39(64(4,5)6)14-18-54(45)75-57-23-35(32-69)20-51(72)60(57)66)68-47-29-44-50(31-56(47)77-59-25-37(34-71)21-52(62(59)68)73(49)78-10)74(79-11)53-22-36(33-70)24-58-61(53)67(44)46-27-40(65(7,8)9)15-19-55(46)76-58/h12-31H,1-11H3. The normalized spacial score (nSPS) is 14.5. The molecule has 6 aliphatic heterocycles. The molecule has 79 heavy (non-hydrogen) atoms. The average molecular weight is 1060 g/mol. The molecule has 14 rings (SSSR count). The molecule has 0 N–H and O–H groups in total. The van der Waals surface area contributed by atoms with E-state index in [-0.39, 0.29) is 36.4 Å². The van der Waals surface area contributed by atoms with Crippen LogP contribution in [0.4, 0.5) is 39.8 Å². The summed E-state index contributed by atoms with van der Waals surface area (Å²) in [6, 6.07) is 50.5. The number of anilines is 7. The molecule has 0 unspecified atom stereocenters. The summed E-state index contributed by atoms with van der Waals surface area (Å²) >= 11 is 3.19. The number of nitriles is 3. The van der Waals surface area contributed by atoms with Crippen molar-refractivity contribution < 1.29 is 14.2 Å². The first-order chi connectivity index (χ1) is 37.8. The minimum Gasteiger partial charge on any atom is -0.458 e. The first-order valence-electron chi connectivity index (χ1n) is 26.8. The maximum Gasteiger partial charge on any atom is 0.256 e. The second kappa shape index (κ2) is 17.0. The average Bonchev–Trinajstić information content (AvgIpc) is 2.93. The number of fused-ring (bicyclic) bond motifs is 12. The summed E-state index contributed by atoms with van der Waals surface area (Å²) in [5, 5.41) is 31.8. The molecular formula is C65H53B3N6O3S2. The smallest absolute Gasteiger partial charge is 0.256 e. The van der Waals surface area contributed by atoms with Gasteiger partial charge >= 0.3 is 0 Å². The zero-order valence-corrected chi connectivity index (χ0v) is 47.6. The Kier molecular flexibility index (Phi) is 10.6. The zero-order chi connectivity index (χ0) is 54.9. The van der Waals surface area contributed by atoms with Crippen LogP contribution in [-0.2, 0) is 16.2 Å². The van der Waals surface area contributed by atoms with Gasteiger partial charge in [-0.05, 0) is 173 Å². The highest BCUT2D eigenvalue weighted by Gasteiger charge is 2.50. The maximum absolute atomic E-state index is 10.7. The molecule has 0 fully saturated rings. The summed E-state index contributed by atoms with van der Waals surface area (Å²) in [4.78, 5) is 2.33. The van der Waals surface area contributed by atoms with Crippen molar-refractivity contribution >= 4 is 133 Å². The lowest BCUT2D eigenvalue weighted by Gasteiger charge is -2.44. The molecule has 0 saturated heterocycles. The van der Waals surface area contributed by atoms with Crippen molar-refractivity contribution in [2.75, 3.05) is 26.0 Å². The van der Waals surface area contributed by atoms with Crippen molar-refractivity contribution in [2.45, 2.75) is 78.6 Å². The molecule has 6 heterocycles. The van der Waals surface area contributed by atoms with Gasteiger partial charge in [0.15, 0.2) is 0 Å². The second-order valence-electron chi connectivity index (χ2n) is 24.7. The van der Waals surface area contributed by atoms with Crippen molar-refractivity contribution in [3.8, 4) is 52.7 Å². The summed E-state index contributed by atoms with van der Waals surface area (Å²) in [7, 11) is 0. The van der Waals surface area contributed by atoms with Crippen molar-refractivity contribution in [3.05, 3.63) is 155 Å². The Morgan fingerprint density at radius 2 is 0.747 bits per heavy atom. The van der Waals surface area contributed by atoms with E-state index in [9.17, 15) is 15.8 Å². The molecule has 0 saturated carbocycles. The van der Waals surface area contributed by atoms with Crippen LogP contribution in [0.2, 0.25) is 0 Å². The van der Waals surface area contributed by atoms with Gasteiger partial charge in [-0.3, -0.25) is 8.61 Å². The van der Waals surface area contributed by atoms with Crippen LogP contribution in [0.5, 0.6) is 34.5 Å². The fraction of sp³-hybridized carbons (Fsp3) is 0.215. The number of hydrogen-bond acceptors (Lipinski definition) is 11. The molecule has 0 spiro atoms. The van der Waals surface area contributed by atoms with Crippen LogP contribution >= 0.6 is 23.9 Å². The first-order valence-corrected chi connectivity index (χ1v) is 29.2. The number of benzene rings is 8. The highest BCUT2D eigenvalue weighted by molar-refractivity contribution is 8.00. The summed E-state index contributed by atoms with van der Waals surface area (Å²) in [5.74, 6) is 4.25. The Labute approximate surface area is 472 Å². The molecule has 382 valence electrons. The lowest BCUT2D eigenvalue weighted by molar-refractivity contribution is 0.485. The van der Waals surface area contributed by atoms with Crippen LogP contribution in [0.1, 0.15) is 95.7 Å². The Morgan fingerprint density at radius 3 is 1.19 bits per heavy atom. The predicted molar refractivity (Wildman–Crippen MR) is 329 cm³/mol. The number of ether oxygens (including phenoxy) is 3. The van der Waals surface area contributed by atoms with Gasteiger partial charge in [-0.15, -0.1) is 0 Å². The molecule has 14 heteroatoms. The molecule has 0 aromatic heterocycles. The van der Waals surface area contributed by atoms with Gasteiger partial charge in [0.05, 0.1) is 52.0 Å². The number of hydrogen-bond donors (Lipinski definition) is 0. The largest absolute Gasteiger partial charge is 0.458 e. The van der Waals surface area contributed by atoms with Crippen molar-refractivity contribution in [3.63, 3.8) is 0 Å². The molecule has 0 aliphatic carbocycles. The van der Waals surface area contributed by atoms with Crippen molar-refractivity contribution in [2.24, 2.45) is 0 Å². The number of nitrogens with zero attached hydrogens (tertiary/aromatic N) is 6. The van der Waals surface area contributed by atoms with Crippen LogP contribution in [0.15, 0.2) is 121 Å². The molecule has 0 atom stereocenters. The third-order valence-corrected chi connectivity index (χ3v) is 18.5. The quantitative estimate of drug-likeness (QED) is 0.125. The molecular weight excluding hydrogens is 1010 g/mol. The molecule has 6 aliphatic rings. The SMILES string of the molecule is CSN1c2cc3c(cc2B2c4cc(C(C)(C)C)ccc4Oc4cc(C#N)cc1c42)B1c2cc4c(cc2N(SC)c2cc(C#N)cc(c21)O3)N(c1ccc(C(C)(C)C)cc1)c1cc(C#N)cc2c1B4c1cc(C(C)(C)C)ccc1O2. The highest BCUT2D eigenvalue weighted by atomic mass is 32.2. The Hall–Kier alpha value is -8.08. The van der Waals surface area contributed by atoms with Crippen LogP contribution in [0.3, 0.4) is 0 Å². The van der Waals surface area contributed by atoms with Crippen LogP contribution in [-0.4, -0.2) is 32.6 Å². The molecule has 8 aromatic rings. The third-order valence-electron chi connectivity index (χ3n) is 16.9. The summed E-state index contributed by atoms with van der Waals surface area (Å²) in [6.07, 6.45) is 4.16. The van der Waals surface area contributed by atoms with E-state index >= 15 is 0 Å². The van der Waals surface area contributed by atoms with Crippen LogP contribution in [0, 0.1) is 34.0 Å². The van der Waals surface area contributed by atoms with E-state index in [0.717, 1.165) is 100 Å². The Morgan fingerprint density at radius 1 is 0.367 bits per heavy atom. The molecule has 0 bridgehead atoms. The van der Waals surface area contributed by atoms with Crippen LogP contribution in [0.25, 0.3) is 0 Å². The first kappa shape index (κ1) is 49.2. The van der Waals surface area contributed by atoms with Crippen molar-refractivity contribution in [1.29, 1.82) is 15.8 Å². The minimum atomic E-state index is -0.332. The molecule has 8 aromatic carbocycles. The van der Waals surface area contributed by atoms with E-state index in [1.165, 1.54) is 16.7 Å². The van der Waals surface area contributed by atoms with Gasteiger partial charge in [-0.25, -0.2) is 0 Å². The fourth-order valence-electron chi connectivity index (χ4n) is 13.1. The van der Waals surface area contributed by atoms with Gasteiger partial charge in [0.2, 0.25) is 0 Å². The van der Waals surface area contributed by atoms with E-state index < -0.39 is 0 Å². The Balaban J connectivity index is 1.07. The second-order valence-corrected chi connectivity index (χ2v) is 26.1. The monoisotopic (exact) mass is 1060 g/mol. The van der Waals surface area contributed by atoms with Gasteiger partial charge < -0.3 is 19.1 Å². The van der Waals surface area contributed by atoms with E-state index in [4.69, 9.17) is 14.2 Å². The Bertz CT molecular complexity index is 4200. The van der Waals surface area contributed by atoms with Gasteiger partial charge in [0.25, 0.3) is 20.1 Å². The maximum atomic E-state index is 10.7. The van der Waals surface area contributed by atoms with Gasteiger partial charge in [-0.2, -0.15) is 15.8 Å². The van der Waals surface area contributed by atoms with E-state index in [0.29, 0.717) is 39.7 Å². The zero-order valence-electron chi connectivity index (χ0n) is 46.0. The van der Waals surface area contributed by atoms with E-state index in [1.54, 1.807) is 23.9 Å². The third kappa shape index (κ3) is 7.18. The molecule has 0 radical (unpaired) electrons. The van der Waals surface area contributed by atoms with Crippen LogP contribution < -0.4 is 76.9 Å². The number of rotatable bonds is 3. The van der Waals surface area contributed by atoms with Gasteiger partial charge in [-0.1, -0.05) is 111 Å². The van der Waals surface area contributed by atoms with Gasteiger partial charge in [0.1, 0.15) is 34.5 Å². The lowest BCUT2D eigenvalue weighted by atomic mass is 9.29. The molecule has 9 nitrogen and oxygen atoms in total. The van der Waals surface area contributed by atoms with Gasteiger partial charge in [0, 0.05) is 41.3 Å². The fourth-order valence-corrected chi connectivity index (χ4v) is 14.5. The lowest BCUT2D eigenvalue weighted by Crippen LogP contribution is -2.65. The highest BCUT2D eigenvalue weighted by Crippen LogP contribution is 2.48. The summed E-state index contributed by atoms with van der Waals surface area (Å²) in [6.45, 7) is 19.3. The van der Waals surface area contributed by atoms with E-state index in [1.807, 2.05) is 36.4 Å². The summed E-state index contributed by atoms with van der Waals surface area (Å²) < 4.78 is 25.5. The summed E-state index contributed by atoms with van der Waals surface area (Å²) in [5.41, 5.74) is 21.0. The topological polar surface area (TPSA) is 109 Å². The molecule has 0 amide bonds.